The first-order chi connectivity index (χ1) is 9.29. The van der Waals surface area contributed by atoms with Crippen LogP contribution in [-0.4, -0.2) is 38.4 Å². The highest BCUT2D eigenvalue weighted by atomic mass is 79.9. The van der Waals surface area contributed by atoms with Gasteiger partial charge >= 0.3 is 0 Å². The van der Waals surface area contributed by atoms with Crippen LogP contribution in [0, 0.1) is 6.92 Å². The molecule has 112 valence electrons. The molecule has 2 heterocycles. The van der Waals surface area contributed by atoms with Gasteiger partial charge in [0.25, 0.3) is 0 Å². The average molecular weight is 381 g/mol. The normalized spacial score (nSPS) is 17.4. The molecule has 5 nitrogen and oxygen atoms in total. The van der Waals surface area contributed by atoms with Crippen molar-refractivity contribution >= 4 is 43.2 Å². The van der Waals surface area contributed by atoms with Gasteiger partial charge in [-0.1, -0.05) is 0 Å². The first-order valence-corrected chi connectivity index (χ1v) is 9.42. The largest absolute Gasteiger partial charge is 0.343 e. The average Bonchev–Trinajstić information content (AvgIpc) is 2.69. The molecular formula is C12H17BrN2O3S2. The predicted molar refractivity (Wildman–Crippen MR) is 82.4 cm³/mol. The number of amides is 1. The number of hydrogen-bond donors (Lipinski definition) is 1. The summed E-state index contributed by atoms with van der Waals surface area (Å²) in [6.07, 6.45) is 1.31. The molecule has 1 N–H and O–H groups in total. The summed E-state index contributed by atoms with van der Waals surface area (Å²) in [6.45, 7) is 4.54. The van der Waals surface area contributed by atoms with Crippen LogP contribution in [0.15, 0.2) is 14.7 Å². The van der Waals surface area contributed by atoms with Gasteiger partial charge in [-0.05, 0) is 41.8 Å². The lowest BCUT2D eigenvalue weighted by molar-refractivity contribution is -0.129. The van der Waals surface area contributed by atoms with Gasteiger partial charge in [-0.2, -0.15) is 0 Å². The molecule has 1 fully saturated rings. The molecule has 8 heteroatoms. The number of carbonyl (C=O) groups excluding carboxylic acids is 1. The van der Waals surface area contributed by atoms with Gasteiger partial charge < -0.3 is 4.90 Å². The third-order valence-corrected chi connectivity index (χ3v) is 6.72. The Morgan fingerprint density at radius 1 is 1.45 bits per heavy atom. The standard InChI is InChI=1S/C12H17BrN2O3S2/c1-8-11(7-12(13)19-8)20(17,18)14-10-3-5-15(6-4-10)9(2)16/h7,10,14H,3-6H2,1-2H3. The number of hydrogen-bond acceptors (Lipinski definition) is 4. The zero-order valence-corrected chi connectivity index (χ0v) is 14.6. The second-order valence-corrected chi connectivity index (χ2v) is 9.19. The highest BCUT2D eigenvalue weighted by Gasteiger charge is 2.27. The van der Waals surface area contributed by atoms with Crippen molar-refractivity contribution in [3.8, 4) is 0 Å². The third kappa shape index (κ3) is 3.60. The fourth-order valence-electron chi connectivity index (χ4n) is 2.29. The van der Waals surface area contributed by atoms with Crippen LogP contribution in [0.3, 0.4) is 0 Å². The first-order valence-electron chi connectivity index (χ1n) is 6.33. The molecule has 0 radical (unpaired) electrons. The Morgan fingerprint density at radius 3 is 2.50 bits per heavy atom. The quantitative estimate of drug-likeness (QED) is 0.872. The van der Waals surface area contributed by atoms with Crippen LogP contribution in [0.4, 0.5) is 0 Å². The van der Waals surface area contributed by atoms with Gasteiger partial charge in [0.2, 0.25) is 15.9 Å². The Bertz CT molecular complexity index is 604. The molecule has 0 atom stereocenters. The fraction of sp³-hybridized carbons (Fsp3) is 0.583. The van der Waals surface area contributed by atoms with Crippen molar-refractivity contribution in [2.24, 2.45) is 0 Å². The lowest BCUT2D eigenvalue weighted by Gasteiger charge is -2.31. The van der Waals surface area contributed by atoms with Crippen molar-refractivity contribution in [3.63, 3.8) is 0 Å². The number of nitrogens with zero attached hydrogens (tertiary/aromatic N) is 1. The van der Waals surface area contributed by atoms with Crippen molar-refractivity contribution in [1.82, 2.24) is 9.62 Å². The Kier molecular flexibility index (Phi) is 4.88. The summed E-state index contributed by atoms with van der Waals surface area (Å²) in [7, 11) is -3.48. The van der Waals surface area contributed by atoms with Gasteiger partial charge in [0, 0.05) is 30.9 Å². The minimum absolute atomic E-state index is 0.0453. The molecule has 20 heavy (non-hydrogen) atoms. The van der Waals surface area contributed by atoms with E-state index < -0.39 is 10.0 Å². The number of halogens is 1. The highest BCUT2D eigenvalue weighted by molar-refractivity contribution is 9.11. The minimum atomic E-state index is -3.48. The van der Waals surface area contributed by atoms with E-state index in [1.54, 1.807) is 17.9 Å². The molecule has 1 aliphatic rings. The van der Waals surface area contributed by atoms with Crippen molar-refractivity contribution < 1.29 is 13.2 Å². The maximum absolute atomic E-state index is 12.3. The molecule has 0 aliphatic carbocycles. The minimum Gasteiger partial charge on any atom is -0.343 e. The first kappa shape index (κ1) is 15.9. The SMILES string of the molecule is CC(=O)N1CCC(NS(=O)(=O)c2cc(Br)sc2C)CC1. The lowest BCUT2D eigenvalue weighted by Crippen LogP contribution is -2.45. The lowest BCUT2D eigenvalue weighted by atomic mass is 10.1. The summed E-state index contributed by atoms with van der Waals surface area (Å²) < 4.78 is 28.2. The van der Waals surface area contributed by atoms with E-state index in [0.29, 0.717) is 30.8 Å². The van der Waals surface area contributed by atoms with E-state index in [1.165, 1.54) is 18.3 Å². The van der Waals surface area contributed by atoms with Crippen LogP contribution in [0.25, 0.3) is 0 Å². The monoisotopic (exact) mass is 380 g/mol. The van der Waals surface area contributed by atoms with Crippen LogP contribution >= 0.6 is 27.3 Å². The van der Waals surface area contributed by atoms with E-state index in [2.05, 4.69) is 20.7 Å². The number of likely N-dealkylation sites (tertiary alicyclic amines) is 1. The van der Waals surface area contributed by atoms with Crippen LogP contribution in [0.5, 0.6) is 0 Å². The summed E-state index contributed by atoms with van der Waals surface area (Å²) in [5, 5.41) is 0. The Balaban J connectivity index is 2.03. The van der Waals surface area contributed by atoms with E-state index in [1.807, 2.05) is 0 Å². The van der Waals surface area contributed by atoms with E-state index >= 15 is 0 Å². The number of sulfonamides is 1. The molecule has 0 saturated carbocycles. The molecular weight excluding hydrogens is 364 g/mol. The second kappa shape index (κ2) is 6.13. The van der Waals surface area contributed by atoms with Gasteiger partial charge in [0.1, 0.15) is 0 Å². The van der Waals surface area contributed by atoms with Crippen LogP contribution in [0.1, 0.15) is 24.6 Å². The molecule has 1 saturated heterocycles. The molecule has 0 aromatic carbocycles. The highest BCUT2D eigenvalue weighted by Crippen LogP contribution is 2.30. The van der Waals surface area contributed by atoms with Gasteiger partial charge in [-0.25, -0.2) is 13.1 Å². The summed E-state index contributed by atoms with van der Waals surface area (Å²) in [6, 6.07) is 1.53. The molecule has 1 aromatic heterocycles. The topological polar surface area (TPSA) is 66.5 Å². The van der Waals surface area contributed by atoms with Crippen molar-refractivity contribution in [2.75, 3.05) is 13.1 Å². The van der Waals surface area contributed by atoms with Gasteiger partial charge in [0.15, 0.2) is 0 Å². The van der Waals surface area contributed by atoms with Crippen molar-refractivity contribution in [2.45, 2.75) is 37.6 Å². The maximum Gasteiger partial charge on any atom is 0.241 e. The third-order valence-electron chi connectivity index (χ3n) is 3.39. The number of aryl methyl sites for hydroxylation is 1. The second-order valence-electron chi connectivity index (χ2n) is 4.87. The number of thiophene rings is 1. The molecule has 1 amide bonds. The van der Waals surface area contributed by atoms with E-state index in [0.717, 1.165) is 8.66 Å². The number of piperidine rings is 1. The van der Waals surface area contributed by atoms with Crippen LogP contribution in [0.2, 0.25) is 0 Å². The molecule has 0 bridgehead atoms. The molecule has 0 spiro atoms. The molecule has 1 aromatic rings. The predicted octanol–water partition coefficient (Wildman–Crippen LogP) is 2.11. The van der Waals surface area contributed by atoms with E-state index in [9.17, 15) is 13.2 Å². The zero-order chi connectivity index (χ0) is 14.9. The van der Waals surface area contributed by atoms with Gasteiger partial charge in [-0.3, -0.25) is 4.79 Å². The van der Waals surface area contributed by atoms with E-state index in [4.69, 9.17) is 0 Å². The van der Waals surface area contributed by atoms with Gasteiger partial charge in [-0.15, -0.1) is 11.3 Å². The van der Waals surface area contributed by atoms with Crippen molar-refractivity contribution in [3.05, 3.63) is 14.7 Å². The molecule has 0 unspecified atom stereocenters. The zero-order valence-electron chi connectivity index (χ0n) is 11.3. The Hall–Kier alpha value is -0.440. The smallest absolute Gasteiger partial charge is 0.241 e. The Morgan fingerprint density at radius 2 is 2.05 bits per heavy atom. The summed E-state index contributed by atoms with van der Waals surface area (Å²) in [5.41, 5.74) is 0. The fourth-order valence-corrected chi connectivity index (χ4v) is 6.01. The summed E-state index contributed by atoms with van der Waals surface area (Å²) in [5.74, 6) is 0.0453. The van der Waals surface area contributed by atoms with Crippen molar-refractivity contribution in [1.29, 1.82) is 0 Å². The number of nitrogens with one attached hydrogen (secondary N) is 1. The number of carbonyl (C=O) groups is 1. The molecule has 2 rings (SSSR count). The summed E-state index contributed by atoms with van der Waals surface area (Å²) in [4.78, 5) is 14.1. The van der Waals surface area contributed by atoms with E-state index in [-0.39, 0.29) is 11.9 Å². The number of rotatable bonds is 3. The maximum atomic E-state index is 12.3. The molecule has 1 aliphatic heterocycles. The summed E-state index contributed by atoms with van der Waals surface area (Å²) >= 11 is 4.71. The van der Waals surface area contributed by atoms with Crippen LogP contribution in [-0.2, 0) is 14.8 Å². The van der Waals surface area contributed by atoms with Crippen LogP contribution < -0.4 is 4.72 Å². The van der Waals surface area contributed by atoms with Gasteiger partial charge in [0.05, 0.1) is 8.68 Å². The Labute approximate surface area is 131 Å².